The van der Waals surface area contributed by atoms with Gasteiger partial charge in [0.25, 0.3) is 0 Å². The molecule has 1 aliphatic heterocycles. The van der Waals surface area contributed by atoms with Crippen LogP contribution in [0.4, 0.5) is 11.4 Å². The van der Waals surface area contributed by atoms with Gasteiger partial charge in [-0.3, -0.25) is 4.90 Å². The highest BCUT2D eigenvalue weighted by Gasteiger charge is 2.15. The van der Waals surface area contributed by atoms with Crippen LogP contribution in [-0.4, -0.2) is 54.9 Å². The van der Waals surface area contributed by atoms with Gasteiger partial charge in [0.15, 0.2) is 0 Å². The Morgan fingerprint density at radius 2 is 2.20 bits per heavy atom. The first-order valence-corrected chi connectivity index (χ1v) is 6.75. The van der Waals surface area contributed by atoms with Crippen LogP contribution in [0.15, 0.2) is 18.2 Å². The molecule has 1 aromatic rings. The van der Waals surface area contributed by atoms with Crippen molar-refractivity contribution in [3.8, 4) is 0 Å². The van der Waals surface area contributed by atoms with Gasteiger partial charge in [-0.2, -0.15) is 0 Å². The summed E-state index contributed by atoms with van der Waals surface area (Å²) >= 11 is 0. The van der Waals surface area contributed by atoms with E-state index in [0.29, 0.717) is 11.4 Å². The van der Waals surface area contributed by atoms with Crippen molar-refractivity contribution in [1.82, 2.24) is 4.90 Å². The zero-order valence-corrected chi connectivity index (χ0v) is 11.6. The minimum atomic E-state index is -0.950. The molecule has 0 amide bonds. The number of carboxylic acid groups (broad SMARTS) is 1. The van der Waals surface area contributed by atoms with E-state index in [1.165, 1.54) is 6.07 Å². The number of nitrogens with zero attached hydrogens (tertiary/aromatic N) is 1. The summed E-state index contributed by atoms with van der Waals surface area (Å²) in [5.41, 5.74) is 7.35. The number of ether oxygens (including phenoxy) is 1. The smallest absolute Gasteiger partial charge is 0.335 e. The number of aromatic carboxylic acids is 1. The highest BCUT2D eigenvalue weighted by molar-refractivity contribution is 5.90. The average molecular weight is 279 g/mol. The van der Waals surface area contributed by atoms with E-state index < -0.39 is 5.97 Å². The number of hydrogen-bond donors (Lipinski definition) is 3. The van der Waals surface area contributed by atoms with Crippen molar-refractivity contribution in [1.29, 1.82) is 0 Å². The number of benzene rings is 1. The lowest BCUT2D eigenvalue weighted by Gasteiger charge is -2.30. The van der Waals surface area contributed by atoms with Gasteiger partial charge < -0.3 is 20.9 Å². The molecule has 0 aromatic heterocycles. The highest BCUT2D eigenvalue weighted by Crippen LogP contribution is 2.21. The van der Waals surface area contributed by atoms with Gasteiger partial charge in [-0.15, -0.1) is 0 Å². The van der Waals surface area contributed by atoms with E-state index in [1.54, 1.807) is 12.1 Å². The minimum Gasteiger partial charge on any atom is -0.478 e. The Kier molecular flexibility index (Phi) is 4.81. The Labute approximate surface area is 118 Å². The summed E-state index contributed by atoms with van der Waals surface area (Å²) in [6.45, 7) is 6.32. The number of morpholine rings is 1. The van der Waals surface area contributed by atoms with Gasteiger partial charge in [0, 0.05) is 25.7 Å². The first-order valence-electron chi connectivity index (χ1n) is 6.75. The van der Waals surface area contributed by atoms with E-state index in [0.717, 1.165) is 32.8 Å². The maximum absolute atomic E-state index is 11.0. The molecule has 110 valence electrons. The average Bonchev–Trinajstić information content (AvgIpc) is 2.42. The molecule has 0 spiro atoms. The molecule has 1 aliphatic rings. The second kappa shape index (κ2) is 6.58. The van der Waals surface area contributed by atoms with Crippen LogP contribution in [0.5, 0.6) is 0 Å². The Morgan fingerprint density at radius 1 is 1.50 bits per heavy atom. The number of anilines is 2. The fourth-order valence-electron chi connectivity index (χ4n) is 2.30. The summed E-state index contributed by atoms with van der Waals surface area (Å²) in [6, 6.07) is 4.88. The highest BCUT2D eigenvalue weighted by atomic mass is 16.5. The van der Waals surface area contributed by atoms with Gasteiger partial charge in [-0.25, -0.2) is 4.79 Å². The first kappa shape index (κ1) is 14.6. The Hall–Kier alpha value is -1.79. The van der Waals surface area contributed by atoms with Gasteiger partial charge in [-0.05, 0) is 25.1 Å². The second-order valence-corrected chi connectivity index (χ2v) is 5.07. The molecular formula is C14H21N3O3. The third-order valence-corrected chi connectivity index (χ3v) is 3.34. The molecule has 0 bridgehead atoms. The number of carbonyl (C=O) groups is 1. The first-order chi connectivity index (χ1) is 9.56. The molecule has 1 atom stereocenters. The monoisotopic (exact) mass is 279 g/mol. The summed E-state index contributed by atoms with van der Waals surface area (Å²) in [5.74, 6) is -0.950. The molecule has 20 heavy (non-hydrogen) atoms. The summed E-state index contributed by atoms with van der Waals surface area (Å²) in [4.78, 5) is 13.3. The normalized spacial score (nSPS) is 17.6. The topological polar surface area (TPSA) is 87.8 Å². The second-order valence-electron chi connectivity index (χ2n) is 5.07. The largest absolute Gasteiger partial charge is 0.478 e. The van der Waals surface area contributed by atoms with Crippen molar-refractivity contribution in [2.45, 2.75) is 13.0 Å². The maximum Gasteiger partial charge on any atom is 0.335 e. The third kappa shape index (κ3) is 3.85. The molecule has 1 aromatic carbocycles. The molecule has 0 aliphatic carbocycles. The molecule has 4 N–H and O–H groups in total. The van der Waals surface area contributed by atoms with Crippen molar-refractivity contribution >= 4 is 17.3 Å². The third-order valence-electron chi connectivity index (χ3n) is 3.34. The van der Waals surface area contributed by atoms with Gasteiger partial charge in [0.2, 0.25) is 0 Å². The molecular weight excluding hydrogens is 258 g/mol. The Balaban J connectivity index is 1.97. The molecule has 2 rings (SSSR count). The zero-order chi connectivity index (χ0) is 14.5. The fraction of sp³-hybridized carbons (Fsp3) is 0.500. The van der Waals surface area contributed by atoms with Crippen molar-refractivity contribution in [2.24, 2.45) is 0 Å². The number of nitrogens with one attached hydrogen (secondary N) is 1. The van der Waals surface area contributed by atoms with Gasteiger partial charge in [-0.1, -0.05) is 0 Å². The van der Waals surface area contributed by atoms with Gasteiger partial charge >= 0.3 is 5.97 Å². The lowest BCUT2D eigenvalue weighted by Crippen LogP contribution is -2.42. The predicted octanol–water partition coefficient (Wildman–Crippen LogP) is 1.10. The van der Waals surface area contributed by atoms with Crippen LogP contribution in [-0.2, 0) is 4.74 Å². The van der Waals surface area contributed by atoms with Crippen LogP contribution in [0, 0.1) is 0 Å². The maximum atomic E-state index is 11.0. The number of hydrogen-bond acceptors (Lipinski definition) is 5. The minimum absolute atomic E-state index is 0.180. The van der Waals surface area contributed by atoms with Crippen LogP contribution < -0.4 is 11.1 Å². The number of nitrogen functional groups attached to an aromatic ring is 1. The fourth-order valence-corrected chi connectivity index (χ4v) is 2.30. The van der Waals surface area contributed by atoms with Gasteiger partial charge in [0.1, 0.15) is 0 Å². The van der Waals surface area contributed by atoms with Crippen LogP contribution in [0.3, 0.4) is 0 Å². The lowest BCUT2D eigenvalue weighted by molar-refractivity contribution is 0.0368. The van der Waals surface area contributed by atoms with Crippen molar-refractivity contribution in [3.05, 3.63) is 23.8 Å². The van der Waals surface area contributed by atoms with Crippen molar-refractivity contribution in [2.75, 3.05) is 43.9 Å². The van der Waals surface area contributed by atoms with E-state index in [1.807, 2.05) is 0 Å². The number of rotatable bonds is 5. The Morgan fingerprint density at radius 3 is 2.85 bits per heavy atom. The summed E-state index contributed by atoms with van der Waals surface area (Å²) in [7, 11) is 0. The summed E-state index contributed by atoms with van der Waals surface area (Å²) < 4.78 is 5.31. The molecule has 1 unspecified atom stereocenters. The lowest BCUT2D eigenvalue weighted by atomic mass is 10.1. The molecule has 0 radical (unpaired) electrons. The zero-order valence-electron chi connectivity index (χ0n) is 11.6. The van der Waals surface area contributed by atoms with E-state index in [-0.39, 0.29) is 11.6 Å². The quantitative estimate of drug-likeness (QED) is 0.700. The molecule has 0 saturated carbocycles. The van der Waals surface area contributed by atoms with E-state index >= 15 is 0 Å². The molecule has 1 saturated heterocycles. The van der Waals surface area contributed by atoms with Crippen LogP contribution in [0.1, 0.15) is 17.3 Å². The standard InChI is InChI=1S/C14H21N3O3/c1-10(9-17-4-6-20-7-5-17)16-13-8-11(14(18)19)2-3-12(13)15/h2-3,8,10,16H,4-7,9,15H2,1H3,(H,18,19). The van der Waals surface area contributed by atoms with Crippen LogP contribution in [0.25, 0.3) is 0 Å². The molecule has 1 heterocycles. The molecule has 6 heteroatoms. The van der Waals surface area contributed by atoms with E-state index in [9.17, 15) is 4.79 Å². The number of nitrogens with two attached hydrogens (primary N) is 1. The van der Waals surface area contributed by atoms with Crippen LogP contribution >= 0.6 is 0 Å². The van der Waals surface area contributed by atoms with Gasteiger partial charge in [0.05, 0.1) is 30.2 Å². The van der Waals surface area contributed by atoms with Crippen molar-refractivity contribution < 1.29 is 14.6 Å². The summed E-state index contributed by atoms with van der Waals surface area (Å²) in [6.07, 6.45) is 0. The summed E-state index contributed by atoms with van der Waals surface area (Å²) in [5, 5.41) is 12.3. The van der Waals surface area contributed by atoms with E-state index in [2.05, 4.69) is 17.1 Å². The SMILES string of the molecule is CC(CN1CCOCC1)Nc1cc(C(=O)O)ccc1N. The number of carboxylic acids is 1. The Bertz CT molecular complexity index is 473. The molecule has 1 fully saturated rings. The predicted molar refractivity (Wildman–Crippen MR) is 78.2 cm³/mol. The molecule has 6 nitrogen and oxygen atoms in total. The van der Waals surface area contributed by atoms with E-state index in [4.69, 9.17) is 15.6 Å². The van der Waals surface area contributed by atoms with Crippen LogP contribution in [0.2, 0.25) is 0 Å². The van der Waals surface area contributed by atoms with Crippen molar-refractivity contribution in [3.63, 3.8) is 0 Å².